The average molecular weight is 495 g/mol. The van der Waals surface area contributed by atoms with Crippen molar-refractivity contribution < 1.29 is 39.9 Å². The van der Waals surface area contributed by atoms with E-state index in [-0.39, 0.29) is 11.4 Å². The van der Waals surface area contributed by atoms with Gasteiger partial charge in [-0.3, -0.25) is 24.1 Å². The summed E-state index contributed by atoms with van der Waals surface area (Å²) >= 11 is 0. The Bertz CT molecular complexity index is 1180. The molecule has 1 saturated heterocycles. The van der Waals surface area contributed by atoms with E-state index in [9.17, 15) is 44.7 Å². The van der Waals surface area contributed by atoms with Crippen molar-refractivity contribution in [1.82, 2.24) is 19.9 Å². The number of hydrogen-bond acceptors (Lipinski definition) is 11. The Hall–Kier alpha value is -3.63. The lowest BCUT2D eigenvalue weighted by atomic mass is 9.92. The van der Waals surface area contributed by atoms with Crippen molar-refractivity contribution in [2.45, 2.75) is 49.7 Å². The van der Waals surface area contributed by atoms with E-state index in [1.54, 1.807) is 0 Å². The third-order valence-electron chi connectivity index (χ3n) is 5.73. The predicted molar refractivity (Wildman–Crippen MR) is 115 cm³/mol. The summed E-state index contributed by atoms with van der Waals surface area (Å²) in [4.78, 5) is 53.7. The first-order chi connectivity index (χ1) is 16.4. The van der Waals surface area contributed by atoms with E-state index in [4.69, 9.17) is 10.5 Å². The number of nitrogens with zero attached hydrogens (tertiary/aromatic N) is 2. The third kappa shape index (κ3) is 5.39. The zero-order valence-electron chi connectivity index (χ0n) is 18.3. The SMILES string of the molecule is C[C@@H]([C@H](N)C(=O)N[C@H](C(=O)O)[C@H]1O[C@@H](n2ccc(=O)[nH]c2=O)C(O)[C@@H]1O)[C@H](O)c1ccc(O)cn1. The molecular formula is C20H25N5O10. The minimum Gasteiger partial charge on any atom is -0.506 e. The van der Waals surface area contributed by atoms with Gasteiger partial charge in [0.25, 0.3) is 5.56 Å². The Labute approximate surface area is 196 Å². The number of ether oxygens (including phenoxy) is 1. The second kappa shape index (κ2) is 10.3. The Morgan fingerprint density at radius 2 is 1.91 bits per heavy atom. The van der Waals surface area contributed by atoms with Gasteiger partial charge in [-0.15, -0.1) is 0 Å². The number of rotatable bonds is 8. The number of H-pyrrole nitrogens is 1. The fourth-order valence-electron chi connectivity index (χ4n) is 3.63. The first-order valence-corrected chi connectivity index (χ1v) is 10.4. The number of amides is 1. The lowest BCUT2D eigenvalue weighted by molar-refractivity contribution is -0.149. The van der Waals surface area contributed by atoms with E-state index in [2.05, 4.69) is 10.3 Å². The zero-order chi connectivity index (χ0) is 26.0. The highest BCUT2D eigenvalue weighted by molar-refractivity contribution is 5.87. The highest BCUT2D eigenvalue weighted by Gasteiger charge is 2.50. The number of hydrogen-bond donors (Lipinski definition) is 8. The molecule has 35 heavy (non-hydrogen) atoms. The standard InChI is InChI=1S/C20H25N5O10/c1-7(13(28)9-3-2-8(26)6-22-9)11(21)17(31)24-12(19(32)33)16-14(29)15(30)18(35-16)25-5-4-10(27)23-20(25)34/h2-7,11-16,18,26,28-30H,21H2,1H3,(H,24,31)(H,32,33)(H,23,27,34)/t7-,11-,12-,13-,14-,15?,16+,18+/m0/s1. The van der Waals surface area contributed by atoms with Crippen LogP contribution < -0.4 is 22.3 Å². The highest BCUT2D eigenvalue weighted by Crippen LogP contribution is 2.30. The number of pyridine rings is 1. The molecule has 3 rings (SSSR count). The Kier molecular flexibility index (Phi) is 7.67. The summed E-state index contributed by atoms with van der Waals surface area (Å²) in [5, 5.41) is 52.3. The number of aromatic hydroxyl groups is 1. The number of carboxylic acids is 1. The second-order valence-electron chi connectivity index (χ2n) is 8.09. The molecule has 15 heteroatoms. The maximum atomic E-state index is 12.7. The molecule has 3 heterocycles. The molecule has 1 aliphatic heterocycles. The molecule has 0 aromatic carbocycles. The number of aliphatic hydroxyl groups is 3. The highest BCUT2D eigenvalue weighted by atomic mass is 16.6. The van der Waals surface area contributed by atoms with Gasteiger partial charge in [0.05, 0.1) is 17.9 Å². The van der Waals surface area contributed by atoms with Gasteiger partial charge in [-0.2, -0.15) is 0 Å². The summed E-state index contributed by atoms with van der Waals surface area (Å²) in [6.07, 6.45) is -6.15. The van der Waals surface area contributed by atoms with Crippen LogP contribution in [0.15, 0.2) is 40.2 Å². The van der Waals surface area contributed by atoms with Gasteiger partial charge in [0.15, 0.2) is 12.3 Å². The number of nitrogens with one attached hydrogen (secondary N) is 2. The number of aromatic nitrogens is 3. The van der Waals surface area contributed by atoms with E-state index in [0.717, 1.165) is 23.0 Å². The Morgan fingerprint density at radius 1 is 1.23 bits per heavy atom. The molecule has 0 radical (unpaired) electrons. The van der Waals surface area contributed by atoms with Crippen molar-refractivity contribution in [2.24, 2.45) is 11.7 Å². The maximum absolute atomic E-state index is 12.7. The number of aromatic amines is 1. The second-order valence-corrected chi connectivity index (χ2v) is 8.09. The van der Waals surface area contributed by atoms with E-state index in [0.29, 0.717) is 0 Å². The van der Waals surface area contributed by atoms with Crippen LogP contribution in [0.5, 0.6) is 5.75 Å². The number of carboxylic acid groups (broad SMARTS) is 1. The van der Waals surface area contributed by atoms with Gasteiger partial charge in [-0.1, -0.05) is 6.92 Å². The maximum Gasteiger partial charge on any atom is 0.330 e. The smallest absolute Gasteiger partial charge is 0.330 e. The number of aliphatic carboxylic acids is 1. The lowest BCUT2D eigenvalue weighted by Crippen LogP contribution is -2.57. The molecular weight excluding hydrogens is 470 g/mol. The van der Waals surface area contributed by atoms with Crippen molar-refractivity contribution in [3.8, 4) is 5.75 Å². The van der Waals surface area contributed by atoms with Gasteiger partial charge in [-0.25, -0.2) is 9.59 Å². The van der Waals surface area contributed by atoms with Gasteiger partial charge in [0, 0.05) is 18.2 Å². The quantitative estimate of drug-likeness (QED) is 0.178. The minimum atomic E-state index is -1.90. The summed E-state index contributed by atoms with van der Waals surface area (Å²) in [6, 6.07) is 0.215. The first-order valence-electron chi connectivity index (χ1n) is 10.4. The molecule has 1 fully saturated rings. The normalized spacial score (nSPS) is 25.4. The van der Waals surface area contributed by atoms with Crippen LogP contribution in [-0.2, 0) is 14.3 Å². The first kappa shape index (κ1) is 26.0. The number of aliphatic hydroxyl groups excluding tert-OH is 3. The summed E-state index contributed by atoms with van der Waals surface area (Å²) in [7, 11) is 0. The van der Waals surface area contributed by atoms with E-state index < -0.39 is 71.8 Å². The van der Waals surface area contributed by atoms with Crippen LogP contribution in [0.2, 0.25) is 0 Å². The molecule has 2 aromatic rings. The summed E-state index contributed by atoms with van der Waals surface area (Å²) in [5.41, 5.74) is 4.33. The molecule has 15 nitrogen and oxygen atoms in total. The molecule has 8 atom stereocenters. The van der Waals surface area contributed by atoms with Crippen molar-refractivity contribution in [2.75, 3.05) is 0 Å². The van der Waals surface area contributed by atoms with Crippen molar-refractivity contribution in [3.63, 3.8) is 0 Å². The number of carbonyl (C=O) groups excluding carboxylic acids is 1. The molecule has 0 spiro atoms. The molecule has 0 aliphatic carbocycles. The van der Waals surface area contributed by atoms with Crippen LogP contribution >= 0.6 is 0 Å². The molecule has 1 unspecified atom stereocenters. The molecule has 190 valence electrons. The molecule has 0 bridgehead atoms. The van der Waals surface area contributed by atoms with Crippen LogP contribution in [0.25, 0.3) is 0 Å². The number of carbonyl (C=O) groups is 2. The fraction of sp³-hybridized carbons (Fsp3) is 0.450. The van der Waals surface area contributed by atoms with Crippen molar-refractivity contribution in [1.29, 1.82) is 0 Å². The third-order valence-corrected chi connectivity index (χ3v) is 5.73. The minimum absolute atomic E-state index is 0.111. The largest absolute Gasteiger partial charge is 0.506 e. The topological polar surface area (TPSA) is 250 Å². The molecule has 0 saturated carbocycles. The molecule has 2 aromatic heterocycles. The van der Waals surface area contributed by atoms with Crippen molar-refractivity contribution in [3.05, 3.63) is 57.1 Å². The monoisotopic (exact) mass is 495 g/mol. The van der Waals surface area contributed by atoms with Gasteiger partial charge < -0.3 is 41.3 Å². The Balaban J connectivity index is 1.76. The van der Waals surface area contributed by atoms with Gasteiger partial charge in [0.1, 0.15) is 30.2 Å². The van der Waals surface area contributed by atoms with E-state index in [1.807, 2.05) is 4.98 Å². The molecule has 1 aliphatic rings. The summed E-state index contributed by atoms with van der Waals surface area (Å²) in [5.74, 6) is -3.75. The van der Waals surface area contributed by atoms with Crippen molar-refractivity contribution >= 4 is 11.9 Å². The van der Waals surface area contributed by atoms with Crippen LogP contribution in [0, 0.1) is 5.92 Å². The van der Waals surface area contributed by atoms with Gasteiger partial charge in [0.2, 0.25) is 5.91 Å². The van der Waals surface area contributed by atoms with Crippen LogP contribution in [0.1, 0.15) is 24.9 Å². The predicted octanol–water partition coefficient (Wildman–Crippen LogP) is -3.48. The van der Waals surface area contributed by atoms with E-state index in [1.165, 1.54) is 19.1 Å². The summed E-state index contributed by atoms with van der Waals surface area (Å²) < 4.78 is 6.16. The average Bonchev–Trinajstić information content (AvgIpc) is 3.10. The van der Waals surface area contributed by atoms with Gasteiger partial charge >= 0.3 is 11.7 Å². The van der Waals surface area contributed by atoms with Gasteiger partial charge in [-0.05, 0) is 12.1 Å². The molecule has 9 N–H and O–H groups in total. The van der Waals surface area contributed by atoms with Crippen LogP contribution in [0.3, 0.4) is 0 Å². The lowest BCUT2D eigenvalue weighted by Gasteiger charge is -2.28. The summed E-state index contributed by atoms with van der Waals surface area (Å²) in [6.45, 7) is 1.42. The number of nitrogens with two attached hydrogens (primary N) is 1. The fourth-order valence-corrected chi connectivity index (χ4v) is 3.63. The van der Waals surface area contributed by atoms with Crippen LogP contribution in [-0.4, -0.2) is 82.3 Å². The van der Waals surface area contributed by atoms with Crippen LogP contribution in [0.4, 0.5) is 0 Å². The zero-order valence-corrected chi connectivity index (χ0v) is 18.3. The molecule has 1 amide bonds. The Morgan fingerprint density at radius 3 is 2.49 bits per heavy atom. The van der Waals surface area contributed by atoms with E-state index >= 15 is 0 Å².